The first-order valence-electron chi connectivity index (χ1n) is 6.81. The second-order valence-electron chi connectivity index (χ2n) is 4.74. The molecule has 0 amide bonds. The maximum atomic E-state index is 11.8. The Hall–Kier alpha value is -2.96. The van der Waals surface area contributed by atoms with E-state index in [2.05, 4.69) is 15.2 Å². The van der Waals surface area contributed by atoms with E-state index in [4.69, 9.17) is 4.74 Å². The van der Waals surface area contributed by atoms with Crippen molar-refractivity contribution in [1.82, 2.24) is 20.0 Å². The number of aromatic amines is 1. The lowest BCUT2D eigenvalue weighted by Crippen LogP contribution is -2.07. The van der Waals surface area contributed by atoms with Gasteiger partial charge in [0.2, 0.25) is 0 Å². The van der Waals surface area contributed by atoms with Crippen LogP contribution in [0.1, 0.15) is 33.5 Å². The summed E-state index contributed by atoms with van der Waals surface area (Å²) in [5, 5.41) is 9.19. The number of hydrogen-bond donors (Lipinski definition) is 1. The van der Waals surface area contributed by atoms with Gasteiger partial charge >= 0.3 is 5.97 Å². The number of hydrogen-bond acceptors (Lipinski definition) is 5. The number of benzene rings is 1. The van der Waals surface area contributed by atoms with Crippen LogP contribution in [0.15, 0.2) is 24.4 Å². The Morgan fingerprint density at radius 1 is 1.41 bits per heavy atom. The molecule has 112 valence electrons. The summed E-state index contributed by atoms with van der Waals surface area (Å²) < 4.78 is 4.95. The van der Waals surface area contributed by atoms with Gasteiger partial charge in [0.1, 0.15) is 0 Å². The number of rotatable bonds is 4. The van der Waals surface area contributed by atoms with E-state index >= 15 is 0 Å². The van der Waals surface area contributed by atoms with Gasteiger partial charge in [-0.2, -0.15) is 9.90 Å². The van der Waals surface area contributed by atoms with Crippen LogP contribution in [0.25, 0.3) is 16.6 Å². The largest absolute Gasteiger partial charge is 0.461 e. The van der Waals surface area contributed by atoms with Crippen LogP contribution in [0.4, 0.5) is 0 Å². The van der Waals surface area contributed by atoms with E-state index in [1.54, 1.807) is 26.1 Å². The van der Waals surface area contributed by atoms with Crippen LogP contribution in [-0.2, 0) is 4.74 Å². The molecular formula is C15H14N4O3. The minimum Gasteiger partial charge on any atom is -0.461 e. The summed E-state index contributed by atoms with van der Waals surface area (Å²) >= 11 is 0. The molecule has 0 aliphatic heterocycles. The molecule has 1 N–H and O–H groups in total. The third-order valence-electron chi connectivity index (χ3n) is 3.31. The molecule has 0 saturated heterocycles. The molecule has 0 saturated carbocycles. The molecular weight excluding hydrogens is 284 g/mol. The summed E-state index contributed by atoms with van der Waals surface area (Å²) in [5.74, 6) is -0.498. The Morgan fingerprint density at radius 2 is 2.23 bits per heavy atom. The fourth-order valence-corrected chi connectivity index (χ4v) is 2.23. The molecule has 1 aromatic carbocycles. The average molecular weight is 298 g/mol. The van der Waals surface area contributed by atoms with Crippen molar-refractivity contribution >= 4 is 23.2 Å². The maximum absolute atomic E-state index is 11.8. The number of fused-ring (bicyclic) bond motifs is 1. The van der Waals surface area contributed by atoms with Gasteiger partial charge in [0, 0.05) is 22.7 Å². The minimum atomic E-state index is -0.498. The Labute approximate surface area is 125 Å². The molecule has 0 fully saturated rings. The van der Waals surface area contributed by atoms with Crippen molar-refractivity contribution in [2.45, 2.75) is 13.8 Å². The molecule has 0 aliphatic rings. The van der Waals surface area contributed by atoms with Gasteiger partial charge < -0.3 is 9.72 Å². The second-order valence-corrected chi connectivity index (χ2v) is 4.74. The van der Waals surface area contributed by atoms with Crippen molar-refractivity contribution in [2.24, 2.45) is 0 Å². The van der Waals surface area contributed by atoms with Crippen LogP contribution in [-0.4, -0.2) is 38.8 Å². The van der Waals surface area contributed by atoms with Crippen LogP contribution in [0.2, 0.25) is 0 Å². The SMILES string of the molecule is CCOC(=O)c1nn(-c2ccc3[nH]cc(C=O)c3c2)nc1C. The first-order chi connectivity index (χ1) is 10.6. The minimum absolute atomic E-state index is 0.187. The number of nitrogens with zero attached hydrogens (tertiary/aromatic N) is 3. The highest BCUT2D eigenvalue weighted by molar-refractivity contribution is 5.98. The molecule has 0 unspecified atom stereocenters. The highest BCUT2D eigenvalue weighted by Gasteiger charge is 2.17. The lowest BCUT2D eigenvalue weighted by Gasteiger charge is -2.00. The van der Waals surface area contributed by atoms with Crippen LogP contribution in [0.3, 0.4) is 0 Å². The molecule has 2 aromatic heterocycles. The molecule has 0 spiro atoms. The summed E-state index contributed by atoms with van der Waals surface area (Å²) in [6.45, 7) is 3.71. The number of esters is 1. The van der Waals surface area contributed by atoms with Crippen LogP contribution in [0.5, 0.6) is 0 Å². The number of aldehydes is 1. The highest BCUT2D eigenvalue weighted by atomic mass is 16.5. The van der Waals surface area contributed by atoms with E-state index in [0.717, 1.165) is 17.2 Å². The predicted molar refractivity (Wildman–Crippen MR) is 79.3 cm³/mol. The number of carbonyl (C=O) groups excluding carboxylic acids is 2. The molecule has 7 nitrogen and oxygen atoms in total. The fraction of sp³-hybridized carbons (Fsp3) is 0.200. The van der Waals surface area contributed by atoms with Gasteiger partial charge in [-0.3, -0.25) is 4.79 Å². The van der Waals surface area contributed by atoms with Gasteiger partial charge in [0.25, 0.3) is 0 Å². The molecule has 0 radical (unpaired) electrons. The van der Waals surface area contributed by atoms with Gasteiger partial charge in [-0.1, -0.05) is 0 Å². The Balaban J connectivity index is 2.05. The third kappa shape index (κ3) is 2.26. The van der Waals surface area contributed by atoms with Crippen molar-refractivity contribution in [1.29, 1.82) is 0 Å². The third-order valence-corrected chi connectivity index (χ3v) is 3.31. The zero-order valence-electron chi connectivity index (χ0n) is 12.2. The Kier molecular flexibility index (Phi) is 3.46. The molecule has 3 aromatic rings. The summed E-state index contributed by atoms with van der Waals surface area (Å²) in [6, 6.07) is 5.44. The Bertz CT molecular complexity index is 863. The fourth-order valence-electron chi connectivity index (χ4n) is 2.23. The molecule has 2 heterocycles. The molecule has 3 rings (SSSR count). The van der Waals surface area contributed by atoms with E-state index < -0.39 is 5.97 Å². The van der Waals surface area contributed by atoms with Gasteiger partial charge in [-0.25, -0.2) is 4.79 Å². The topological polar surface area (TPSA) is 89.9 Å². The van der Waals surface area contributed by atoms with Gasteiger partial charge in [-0.15, -0.1) is 5.10 Å². The molecule has 0 aliphatic carbocycles. The summed E-state index contributed by atoms with van der Waals surface area (Å²) in [7, 11) is 0. The van der Waals surface area contributed by atoms with E-state index in [1.165, 1.54) is 4.80 Å². The van der Waals surface area contributed by atoms with E-state index in [0.29, 0.717) is 16.9 Å². The van der Waals surface area contributed by atoms with E-state index in [1.807, 2.05) is 12.1 Å². The molecule has 7 heteroatoms. The zero-order chi connectivity index (χ0) is 15.7. The highest BCUT2D eigenvalue weighted by Crippen LogP contribution is 2.20. The summed E-state index contributed by atoms with van der Waals surface area (Å²) in [5.41, 5.74) is 2.75. The summed E-state index contributed by atoms with van der Waals surface area (Å²) in [6.07, 6.45) is 2.43. The molecule has 0 atom stereocenters. The normalized spacial score (nSPS) is 10.8. The van der Waals surface area contributed by atoms with Crippen molar-refractivity contribution in [3.63, 3.8) is 0 Å². The lowest BCUT2D eigenvalue weighted by atomic mass is 10.2. The first kappa shape index (κ1) is 14.0. The average Bonchev–Trinajstić information content (AvgIpc) is 3.10. The lowest BCUT2D eigenvalue weighted by molar-refractivity contribution is 0.0518. The van der Waals surface area contributed by atoms with Gasteiger partial charge in [-0.05, 0) is 32.0 Å². The quantitative estimate of drug-likeness (QED) is 0.588. The van der Waals surface area contributed by atoms with Crippen LogP contribution in [0, 0.1) is 6.92 Å². The van der Waals surface area contributed by atoms with Crippen molar-refractivity contribution in [3.8, 4) is 5.69 Å². The van der Waals surface area contributed by atoms with E-state index in [-0.39, 0.29) is 12.3 Å². The van der Waals surface area contributed by atoms with Crippen molar-refractivity contribution < 1.29 is 14.3 Å². The predicted octanol–water partition coefficient (Wildman–Crippen LogP) is 2.05. The maximum Gasteiger partial charge on any atom is 0.360 e. The van der Waals surface area contributed by atoms with Crippen molar-refractivity contribution in [3.05, 3.63) is 41.3 Å². The number of H-pyrrole nitrogens is 1. The Morgan fingerprint density at radius 3 is 2.95 bits per heavy atom. The standard InChI is InChI=1S/C15H14N4O3/c1-3-22-15(21)14-9(2)17-19(18-14)11-4-5-13-12(6-11)10(8-20)7-16-13/h4-8,16H,3H2,1-2H3. The number of nitrogens with one attached hydrogen (secondary N) is 1. The summed E-state index contributed by atoms with van der Waals surface area (Å²) in [4.78, 5) is 27.2. The first-order valence-corrected chi connectivity index (χ1v) is 6.81. The van der Waals surface area contributed by atoms with E-state index in [9.17, 15) is 9.59 Å². The second kappa shape index (κ2) is 5.44. The number of aromatic nitrogens is 4. The monoisotopic (exact) mass is 298 g/mol. The number of aryl methyl sites for hydroxylation is 1. The zero-order valence-corrected chi connectivity index (χ0v) is 12.2. The molecule has 22 heavy (non-hydrogen) atoms. The van der Waals surface area contributed by atoms with Gasteiger partial charge in [0.15, 0.2) is 12.0 Å². The molecule has 0 bridgehead atoms. The van der Waals surface area contributed by atoms with Gasteiger partial charge in [0.05, 0.1) is 18.0 Å². The van der Waals surface area contributed by atoms with Crippen LogP contribution < -0.4 is 0 Å². The van der Waals surface area contributed by atoms with Crippen molar-refractivity contribution in [2.75, 3.05) is 6.61 Å². The number of ether oxygens (including phenoxy) is 1. The number of carbonyl (C=O) groups is 2. The smallest absolute Gasteiger partial charge is 0.360 e. The van der Waals surface area contributed by atoms with Crippen LogP contribution >= 0.6 is 0 Å².